The first-order chi connectivity index (χ1) is 14.2. The summed E-state index contributed by atoms with van der Waals surface area (Å²) >= 11 is 0. The number of carbonyl (C=O) groups is 2. The number of ketones is 1. The van der Waals surface area contributed by atoms with Crippen LogP contribution in [0.5, 0.6) is 5.75 Å². The fourth-order valence-corrected chi connectivity index (χ4v) is 4.73. The molecule has 4 rings (SSSR count). The number of carbonyl (C=O) groups excluding carboxylic acids is 2. The van der Waals surface area contributed by atoms with E-state index in [1.807, 2.05) is 6.92 Å². The van der Waals surface area contributed by atoms with Crippen LogP contribution in [-0.2, 0) is 19.1 Å². The third kappa shape index (κ3) is 4.01. The molecule has 2 N–H and O–H groups in total. The van der Waals surface area contributed by atoms with Crippen LogP contribution in [0.25, 0.3) is 0 Å². The molecule has 0 saturated carbocycles. The van der Waals surface area contributed by atoms with Crippen molar-refractivity contribution in [3.63, 3.8) is 0 Å². The minimum atomic E-state index is -0.512. The largest absolute Gasteiger partial charge is 0.508 e. The molecule has 2 heterocycles. The lowest BCUT2D eigenvalue weighted by molar-refractivity contribution is -0.142. The van der Waals surface area contributed by atoms with Gasteiger partial charge in [-0.15, -0.1) is 0 Å². The number of benzene rings is 1. The quantitative estimate of drug-likeness (QED) is 0.735. The van der Waals surface area contributed by atoms with Gasteiger partial charge < -0.3 is 19.9 Å². The molecule has 0 spiro atoms. The first-order valence-electron chi connectivity index (χ1n) is 10.6. The first kappa shape index (κ1) is 20.7. The molecule has 0 radical (unpaired) electrons. The van der Waals surface area contributed by atoms with Gasteiger partial charge >= 0.3 is 5.97 Å². The molecule has 1 aliphatic carbocycles. The van der Waals surface area contributed by atoms with Gasteiger partial charge in [0.05, 0.1) is 11.7 Å². The Morgan fingerprint density at radius 1 is 1.27 bits per heavy atom. The molecule has 1 aromatic carbocycles. The van der Waals surface area contributed by atoms with Crippen LogP contribution in [-0.4, -0.2) is 36.2 Å². The van der Waals surface area contributed by atoms with Crippen molar-refractivity contribution >= 4 is 11.8 Å². The van der Waals surface area contributed by atoms with Gasteiger partial charge in [-0.3, -0.25) is 4.79 Å². The Morgan fingerprint density at radius 3 is 2.67 bits per heavy atom. The molecule has 1 saturated heterocycles. The van der Waals surface area contributed by atoms with Crippen LogP contribution in [0.2, 0.25) is 0 Å². The molecule has 1 aromatic rings. The van der Waals surface area contributed by atoms with Crippen LogP contribution in [0, 0.1) is 5.41 Å². The van der Waals surface area contributed by atoms with E-state index in [4.69, 9.17) is 9.47 Å². The lowest BCUT2D eigenvalue weighted by Crippen LogP contribution is -2.39. The number of allylic oxidation sites excluding steroid dienone is 3. The molecule has 0 unspecified atom stereocenters. The predicted octanol–water partition coefficient (Wildman–Crippen LogP) is 3.72. The summed E-state index contributed by atoms with van der Waals surface area (Å²) in [6.45, 7) is 6.92. The maximum Gasteiger partial charge on any atom is 0.336 e. The van der Waals surface area contributed by atoms with Gasteiger partial charge in [0.25, 0.3) is 0 Å². The second-order valence-electron chi connectivity index (χ2n) is 9.25. The van der Waals surface area contributed by atoms with Crippen LogP contribution in [0.4, 0.5) is 0 Å². The number of dihydropyridines is 1. The molecule has 2 atom stereocenters. The summed E-state index contributed by atoms with van der Waals surface area (Å²) in [4.78, 5) is 26.4. The molecular weight excluding hydrogens is 382 g/mol. The number of esters is 1. The fourth-order valence-electron chi connectivity index (χ4n) is 4.73. The SMILES string of the molecule is CC1=C(C(=O)OC[C@H]2CCCO2)[C@@H](c2ccc(O)cc2)C2=C(CC(C)(C)CC2=O)N1. The summed E-state index contributed by atoms with van der Waals surface area (Å²) < 4.78 is 11.2. The zero-order valence-corrected chi connectivity index (χ0v) is 17.8. The van der Waals surface area contributed by atoms with Gasteiger partial charge in [-0.2, -0.15) is 0 Å². The van der Waals surface area contributed by atoms with Crippen LogP contribution in [0.15, 0.2) is 46.8 Å². The van der Waals surface area contributed by atoms with Crippen LogP contribution < -0.4 is 5.32 Å². The van der Waals surface area contributed by atoms with E-state index in [1.54, 1.807) is 24.3 Å². The van der Waals surface area contributed by atoms with Crippen molar-refractivity contribution in [3.8, 4) is 5.75 Å². The van der Waals surface area contributed by atoms with Crippen LogP contribution >= 0.6 is 0 Å². The maximum atomic E-state index is 13.2. The van der Waals surface area contributed by atoms with E-state index in [1.165, 1.54) is 0 Å². The Bertz CT molecular complexity index is 919. The number of phenolic OH excluding ortho intramolecular Hbond substituents is 1. The number of phenols is 1. The molecule has 6 heteroatoms. The molecule has 30 heavy (non-hydrogen) atoms. The molecule has 2 aliphatic heterocycles. The number of Topliss-reactive ketones (excluding diaryl/α,β-unsaturated/α-hetero) is 1. The average Bonchev–Trinajstić information content (AvgIpc) is 3.18. The topological polar surface area (TPSA) is 84.9 Å². The molecule has 0 bridgehead atoms. The van der Waals surface area contributed by atoms with Crippen molar-refractivity contribution in [1.82, 2.24) is 5.32 Å². The lowest BCUT2D eigenvalue weighted by atomic mass is 9.68. The first-order valence-corrected chi connectivity index (χ1v) is 10.6. The number of hydrogen-bond acceptors (Lipinski definition) is 6. The van der Waals surface area contributed by atoms with Gasteiger partial charge in [0.15, 0.2) is 5.78 Å². The van der Waals surface area contributed by atoms with Gasteiger partial charge in [-0.25, -0.2) is 4.79 Å². The molecule has 1 fully saturated rings. The Morgan fingerprint density at radius 2 is 2.00 bits per heavy atom. The zero-order chi connectivity index (χ0) is 21.5. The van der Waals surface area contributed by atoms with Crippen molar-refractivity contribution in [3.05, 3.63) is 52.4 Å². The Labute approximate surface area is 176 Å². The molecule has 0 amide bonds. The third-order valence-corrected chi connectivity index (χ3v) is 6.11. The minimum absolute atomic E-state index is 0.0451. The minimum Gasteiger partial charge on any atom is -0.508 e. The predicted molar refractivity (Wildman–Crippen MR) is 112 cm³/mol. The highest BCUT2D eigenvalue weighted by Gasteiger charge is 2.43. The van der Waals surface area contributed by atoms with Crippen LogP contribution in [0.3, 0.4) is 0 Å². The van der Waals surface area contributed by atoms with Gasteiger partial charge in [0, 0.05) is 35.9 Å². The lowest BCUT2D eigenvalue weighted by Gasteiger charge is -2.39. The highest BCUT2D eigenvalue weighted by atomic mass is 16.6. The number of nitrogens with one attached hydrogen (secondary N) is 1. The normalized spacial score (nSPS) is 25.8. The molecule has 0 aromatic heterocycles. The highest BCUT2D eigenvalue weighted by molar-refractivity contribution is 6.04. The van der Waals surface area contributed by atoms with E-state index < -0.39 is 11.9 Å². The summed E-state index contributed by atoms with van der Waals surface area (Å²) in [6.07, 6.45) is 2.96. The summed E-state index contributed by atoms with van der Waals surface area (Å²) in [5, 5.41) is 13.1. The number of hydrogen-bond donors (Lipinski definition) is 2. The molecular formula is C24H29NO5. The van der Waals surface area contributed by atoms with E-state index in [-0.39, 0.29) is 29.7 Å². The second kappa shape index (κ2) is 7.91. The van der Waals surface area contributed by atoms with Crippen molar-refractivity contribution in [2.75, 3.05) is 13.2 Å². The number of aromatic hydroxyl groups is 1. The number of ether oxygens (including phenoxy) is 2. The van der Waals surface area contributed by atoms with Crippen molar-refractivity contribution in [2.24, 2.45) is 5.41 Å². The summed E-state index contributed by atoms with van der Waals surface area (Å²) in [5.74, 6) is -0.759. The third-order valence-electron chi connectivity index (χ3n) is 6.11. The monoisotopic (exact) mass is 411 g/mol. The van der Waals surface area contributed by atoms with E-state index >= 15 is 0 Å². The van der Waals surface area contributed by atoms with Crippen LogP contribution in [0.1, 0.15) is 57.9 Å². The van der Waals surface area contributed by atoms with Crippen molar-refractivity contribution in [2.45, 2.75) is 58.5 Å². The zero-order valence-electron chi connectivity index (χ0n) is 17.8. The standard InChI is InChI=1S/C24H29NO5/c1-14-20(23(28)30-13-17-5-4-10-29-17)21(15-6-8-16(26)9-7-15)22-18(25-14)11-24(2,3)12-19(22)27/h6-9,17,21,25-26H,4-5,10-13H2,1-3H3/t17-,21-/m1/s1. The maximum absolute atomic E-state index is 13.2. The van der Waals surface area contributed by atoms with Gasteiger partial charge in [-0.05, 0) is 49.3 Å². The van der Waals surface area contributed by atoms with E-state index in [0.717, 1.165) is 30.5 Å². The molecule has 160 valence electrons. The second-order valence-corrected chi connectivity index (χ2v) is 9.25. The van der Waals surface area contributed by atoms with Crippen molar-refractivity contribution < 1.29 is 24.2 Å². The summed E-state index contributed by atoms with van der Waals surface area (Å²) in [7, 11) is 0. The Hall–Kier alpha value is -2.60. The smallest absolute Gasteiger partial charge is 0.336 e. The van der Waals surface area contributed by atoms with Gasteiger partial charge in [0.2, 0.25) is 0 Å². The Balaban J connectivity index is 1.71. The molecule has 3 aliphatic rings. The highest BCUT2D eigenvalue weighted by Crippen LogP contribution is 2.46. The number of rotatable bonds is 4. The van der Waals surface area contributed by atoms with E-state index in [2.05, 4.69) is 19.2 Å². The van der Waals surface area contributed by atoms with Gasteiger partial charge in [-0.1, -0.05) is 26.0 Å². The Kier molecular flexibility index (Phi) is 5.45. The van der Waals surface area contributed by atoms with E-state index in [0.29, 0.717) is 29.9 Å². The fraction of sp³-hybridized carbons (Fsp3) is 0.500. The average molecular weight is 411 g/mol. The molecule has 6 nitrogen and oxygen atoms in total. The summed E-state index contributed by atoms with van der Waals surface area (Å²) in [5.41, 5.74) is 3.32. The van der Waals surface area contributed by atoms with Crippen molar-refractivity contribution in [1.29, 1.82) is 0 Å². The van der Waals surface area contributed by atoms with E-state index in [9.17, 15) is 14.7 Å². The van der Waals surface area contributed by atoms with Gasteiger partial charge in [0.1, 0.15) is 12.4 Å². The summed E-state index contributed by atoms with van der Waals surface area (Å²) in [6, 6.07) is 6.70.